The average molecular weight is 316 g/mol. The number of rotatable bonds is 12. The molecule has 0 rings (SSSR count). The van der Waals surface area contributed by atoms with E-state index in [9.17, 15) is 9.59 Å². The zero-order valence-electron chi connectivity index (χ0n) is 12.8. The zero-order chi connectivity index (χ0) is 16.1. The van der Waals surface area contributed by atoms with Gasteiger partial charge in [0.15, 0.2) is 0 Å². The summed E-state index contributed by atoms with van der Waals surface area (Å²) < 4.78 is 21.3. The molecule has 0 aliphatic heterocycles. The first-order valence-corrected chi connectivity index (χ1v) is 9.13. The summed E-state index contributed by atoms with van der Waals surface area (Å²) >= 11 is 0. The van der Waals surface area contributed by atoms with Crippen molar-refractivity contribution in [1.29, 1.82) is 0 Å². The Morgan fingerprint density at radius 2 is 1.24 bits per heavy atom. The number of esters is 2. The second kappa shape index (κ2) is 11.2. The Balaban J connectivity index is 4.10. The first-order chi connectivity index (χ1) is 10.0. The van der Waals surface area contributed by atoms with Gasteiger partial charge in [0.2, 0.25) is 0 Å². The Morgan fingerprint density at radius 1 is 0.857 bits per heavy atom. The highest BCUT2D eigenvalue weighted by molar-refractivity contribution is 6.67. The van der Waals surface area contributed by atoms with Gasteiger partial charge in [-0.15, -0.1) is 0 Å². The predicted molar refractivity (Wildman–Crippen MR) is 80.9 cm³/mol. The number of hydrogen-bond acceptors (Lipinski definition) is 6. The van der Waals surface area contributed by atoms with Gasteiger partial charge in [0.25, 0.3) is 0 Å². The van der Waals surface area contributed by atoms with Crippen molar-refractivity contribution in [2.75, 3.05) is 26.4 Å². The molecule has 0 aromatic heterocycles. The van der Waals surface area contributed by atoms with Crippen LogP contribution in [0.15, 0.2) is 25.3 Å². The van der Waals surface area contributed by atoms with Crippen molar-refractivity contribution in [3.05, 3.63) is 25.3 Å². The fraction of sp³-hybridized carbons (Fsp3) is 0.571. The maximum absolute atomic E-state index is 10.9. The second-order valence-corrected chi connectivity index (χ2v) is 7.87. The summed E-state index contributed by atoms with van der Waals surface area (Å²) in [7, 11) is -2.34. The number of hydrogen-bond donors (Lipinski definition) is 0. The van der Waals surface area contributed by atoms with Crippen molar-refractivity contribution >= 4 is 20.5 Å². The van der Waals surface area contributed by atoms with E-state index in [1.165, 1.54) is 0 Å². The highest BCUT2D eigenvalue weighted by Gasteiger charge is 2.33. The summed E-state index contributed by atoms with van der Waals surface area (Å²) in [5, 5.41) is 0. The van der Waals surface area contributed by atoms with Crippen molar-refractivity contribution in [1.82, 2.24) is 0 Å². The van der Waals surface area contributed by atoms with Gasteiger partial charge >= 0.3 is 20.5 Å². The van der Waals surface area contributed by atoms with Crippen LogP contribution in [0.3, 0.4) is 0 Å². The summed E-state index contributed by atoms with van der Waals surface area (Å²) in [5.74, 6) is -0.952. The topological polar surface area (TPSA) is 71.1 Å². The smallest absolute Gasteiger partial charge is 0.337 e. The van der Waals surface area contributed by atoms with Crippen LogP contribution in [0.5, 0.6) is 0 Å². The molecule has 21 heavy (non-hydrogen) atoms. The van der Waals surface area contributed by atoms with Crippen LogP contribution in [0.25, 0.3) is 0 Å². The van der Waals surface area contributed by atoms with Gasteiger partial charge in [-0.2, -0.15) is 0 Å². The van der Waals surface area contributed by atoms with Crippen molar-refractivity contribution in [2.45, 2.75) is 25.9 Å². The third-order valence-electron chi connectivity index (χ3n) is 2.80. The Labute approximate surface area is 127 Å². The highest BCUT2D eigenvalue weighted by atomic mass is 28.4. The van der Waals surface area contributed by atoms with Gasteiger partial charge in [-0.1, -0.05) is 27.0 Å². The van der Waals surface area contributed by atoms with E-state index in [2.05, 4.69) is 13.2 Å². The molecule has 0 amide bonds. The Kier molecular flexibility index (Phi) is 10.5. The molecular weight excluding hydrogens is 292 g/mol. The van der Waals surface area contributed by atoms with E-state index < -0.39 is 20.5 Å². The minimum absolute atomic E-state index is 0.161. The summed E-state index contributed by atoms with van der Waals surface area (Å²) in [5.41, 5.74) is 0. The first kappa shape index (κ1) is 19.6. The molecule has 0 atom stereocenters. The molecule has 0 aromatic carbocycles. The van der Waals surface area contributed by atoms with Crippen LogP contribution in [0, 0.1) is 0 Å². The quantitative estimate of drug-likeness (QED) is 0.237. The lowest BCUT2D eigenvalue weighted by Gasteiger charge is -2.28. The molecule has 0 aromatic rings. The summed E-state index contributed by atoms with van der Waals surface area (Å²) in [4.78, 5) is 21.8. The normalized spacial score (nSPS) is 10.8. The van der Waals surface area contributed by atoms with E-state index in [4.69, 9.17) is 18.3 Å². The summed E-state index contributed by atoms with van der Waals surface area (Å²) in [6.07, 6.45) is 2.21. The third kappa shape index (κ3) is 8.44. The van der Waals surface area contributed by atoms with Crippen molar-refractivity contribution in [2.24, 2.45) is 0 Å². The molecule has 0 heterocycles. The molecule has 0 fully saturated rings. The van der Waals surface area contributed by atoms with Crippen LogP contribution in [0.1, 0.15) is 13.8 Å². The second-order valence-electron chi connectivity index (χ2n) is 4.06. The molecule has 0 unspecified atom stereocenters. The minimum atomic E-state index is -2.34. The maximum atomic E-state index is 10.9. The van der Waals surface area contributed by atoms with E-state index in [0.717, 1.165) is 24.2 Å². The van der Waals surface area contributed by atoms with Gasteiger partial charge in [-0.05, 0) is 12.1 Å². The third-order valence-corrected chi connectivity index (χ3v) is 6.41. The molecule has 7 heteroatoms. The lowest BCUT2D eigenvalue weighted by Crippen LogP contribution is -2.42. The molecule has 0 bridgehead atoms. The van der Waals surface area contributed by atoms with Gasteiger partial charge < -0.3 is 18.3 Å². The fourth-order valence-electron chi connectivity index (χ4n) is 1.56. The van der Waals surface area contributed by atoms with Gasteiger partial charge in [0.05, 0.1) is 13.2 Å². The van der Waals surface area contributed by atoms with Crippen molar-refractivity contribution < 1.29 is 27.9 Å². The number of carbonyl (C=O) groups is 2. The van der Waals surface area contributed by atoms with Gasteiger partial charge in [-0.3, -0.25) is 0 Å². The molecule has 0 saturated heterocycles. The van der Waals surface area contributed by atoms with Gasteiger partial charge in [-0.25, -0.2) is 9.59 Å². The molecular formula is C14H24O6Si. The molecule has 0 saturated carbocycles. The summed E-state index contributed by atoms with van der Waals surface area (Å²) in [6.45, 7) is 11.5. The first-order valence-electron chi connectivity index (χ1n) is 6.89. The summed E-state index contributed by atoms with van der Waals surface area (Å²) in [6, 6.07) is 1.52. The molecule has 0 aliphatic rings. The number of carbonyl (C=O) groups excluding carboxylic acids is 2. The van der Waals surface area contributed by atoms with Crippen LogP contribution in [-0.4, -0.2) is 46.9 Å². The molecule has 0 spiro atoms. The van der Waals surface area contributed by atoms with Gasteiger partial charge in [0, 0.05) is 12.2 Å². The van der Waals surface area contributed by atoms with Gasteiger partial charge in [0.1, 0.15) is 13.2 Å². The monoisotopic (exact) mass is 316 g/mol. The number of ether oxygens (including phenoxy) is 2. The van der Waals surface area contributed by atoms with Crippen molar-refractivity contribution in [3.63, 3.8) is 0 Å². The van der Waals surface area contributed by atoms with E-state index in [1.807, 2.05) is 13.8 Å². The van der Waals surface area contributed by atoms with Crippen LogP contribution >= 0.6 is 0 Å². The van der Waals surface area contributed by atoms with Crippen molar-refractivity contribution in [3.8, 4) is 0 Å². The van der Waals surface area contributed by atoms with Crippen LogP contribution < -0.4 is 0 Å². The lowest BCUT2D eigenvalue weighted by atomic mass is 10.6. The minimum Gasteiger partial charge on any atom is -0.460 e. The fourth-order valence-corrected chi connectivity index (χ4v) is 3.87. The Hall–Kier alpha value is -1.44. The van der Waals surface area contributed by atoms with E-state index in [1.54, 1.807) is 0 Å². The van der Waals surface area contributed by atoms with Crippen LogP contribution in [0.4, 0.5) is 0 Å². The Morgan fingerprint density at radius 3 is 1.52 bits per heavy atom. The Bertz CT molecular complexity index is 321. The molecule has 0 aliphatic carbocycles. The lowest BCUT2D eigenvalue weighted by molar-refractivity contribution is -0.139. The average Bonchev–Trinajstić information content (AvgIpc) is 2.53. The molecule has 6 nitrogen and oxygen atoms in total. The van der Waals surface area contributed by atoms with E-state index >= 15 is 0 Å². The molecule has 0 radical (unpaired) electrons. The maximum Gasteiger partial charge on any atom is 0.337 e. The molecule has 120 valence electrons. The van der Waals surface area contributed by atoms with E-state index in [0.29, 0.717) is 0 Å². The highest BCUT2D eigenvalue weighted by Crippen LogP contribution is 2.18. The molecule has 0 N–H and O–H groups in total. The predicted octanol–water partition coefficient (Wildman–Crippen LogP) is 1.96. The van der Waals surface area contributed by atoms with E-state index in [-0.39, 0.29) is 26.4 Å². The standard InChI is InChI=1S/C14H24O6Si/c1-5-13(15)17-9-11-19-21(7-3,8-4)20-12-10-18-14(16)6-2/h5-6H,1-2,7-12H2,3-4H3. The largest absolute Gasteiger partial charge is 0.460 e. The van der Waals surface area contributed by atoms with Crippen LogP contribution in [-0.2, 0) is 27.9 Å². The zero-order valence-corrected chi connectivity index (χ0v) is 13.8. The SMILES string of the molecule is C=CC(=O)OCCO[Si](CC)(CC)OCCOC(=O)C=C. The van der Waals surface area contributed by atoms with Crippen LogP contribution in [0.2, 0.25) is 12.1 Å².